The number of hydrogen-bond donors (Lipinski definition) is 0. The van der Waals surface area contributed by atoms with Crippen LogP contribution < -0.4 is 0 Å². The highest BCUT2D eigenvalue weighted by Gasteiger charge is 2.37. The summed E-state index contributed by atoms with van der Waals surface area (Å²) in [5.74, 6) is -2.88. The van der Waals surface area contributed by atoms with Gasteiger partial charge in [-0.3, -0.25) is 9.78 Å². The van der Waals surface area contributed by atoms with Crippen molar-refractivity contribution in [1.29, 1.82) is 0 Å². The molecular formula is C4Cl6O5. The molecule has 0 unspecified atom stereocenters. The van der Waals surface area contributed by atoms with Crippen molar-refractivity contribution in [3.05, 3.63) is 0 Å². The Labute approximate surface area is 113 Å². The van der Waals surface area contributed by atoms with Crippen LogP contribution in [0.1, 0.15) is 0 Å². The highest BCUT2D eigenvalue weighted by molar-refractivity contribution is 6.76. The lowest BCUT2D eigenvalue weighted by Crippen LogP contribution is -2.26. The Morgan fingerprint density at radius 3 is 1.20 bits per heavy atom. The van der Waals surface area contributed by atoms with Gasteiger partial charge in [0.2, 0.25) is 0 Å². The Morgan fingerprint density at radius 1 is 0.733 bits per heavy atom. The average Bonchev–Trinajstić information content (AvgIpc) is 2.00. The number of hydrogen-bond acceptors (Lipinski definition) is 5. The van der Waals surface area contributed by atoms with Gasteiger partial charge >= 0.3 is 11.9 Å². The van der Waals surface area contributed by atoms with Crippen molar-refractivity contribution < 1.29 is 24.4 Å². The van der Waals surface area contributed by atoms with Gasteiger partial charge in [-0.05, 0) is 0 Å². The van der Waals surface area contributed by atoms with Crippen LogP contribution >= 0.6 is 69.6 Å². The minimum atomic E-state index is -2.38. The van der Waals surface area contributed by atoms with E-state index in [0.29, 0.717) is 0 Å². The summed E-state index contributed by atoms with van der Waals surface area (Å²) in [7, 11) is 0. The number of carbonyl (C=O) groups is 2. The van der Waals surface area contributed by atoms with Crippen molar-refractivity contribution in [3.8, 4) is 0 Å². The number of alkyl halides is 6. The van der Waals surface area contributed by atoms with Crippen LogP contribution in [0.3, 0.4) is 0 Å². The molecule has 11 heteroatoms. The zero-order valence-corrected chi connectivity index (χ0v) is 10.8. The topological polar surface area (TPSA) is 61.8 Å². The van der Waals surface area contributed by atoms with Gasteiger partial charge < -0.3 is 0 Å². The molecular weight excluding hydrogens is 341 g/mol. The first-order valence-corrected chi connectivity index (χ1v) is 5.05. The molecule has 0 aliphatic rings. The van der Waals surface area contributed by atoms with E-state index in [1.807, 2.05) is 0 Å². The van der Waals surface area contributed by atoms with E-state index in [-0.39, 0.29) is 0 Å². The second-order valence-electron chi connectivity index (χ2n) is 1.81. The van der Waals surface area contributed by atoms with Gasteiger partial charge in [-0.25, -0.2) is 9.59 Å². The molecule has 0 aliphatic carbocycles. The van der Waals surface area contributed by atoms with Crippen LogP contribution in [-0.2, 0) is 24.4 Å². The molecule has 0 aliphatic heterocycles. The van der Waals surface area contributed by atoms with Crippen LogP contribution in [0.4, 0.5) is 0 Å². The van der Waals surface area contributed by atoms with Crippen LogP contribution in [-0.4, -0.2) is 19.5 Å². The fraction of sp³-hybridized carbons (Fsp3) is 0.500. The summed E-state index contributed by atoms with van der Waals surface area (Å²) >= 11 is 30.3. The summed E-state index contributed by atoms with van der Waals surface area (Å²) in [4.78, 5) is 28.8. The number of rotatable bonds is 2. The third-order valence-electron chi connectivity index (χ3n) is 0.682. The van der Waals surface area contributed by atoms with Gasteiger partial charge in [0, 0.05) is 5.04 Å². The van der Waals surface area contributed by atoms with E-state index in [1.54, 1.807) is 0 Å². The fourth-order valence-electron chi connectivity index (χ4n) is 0.173. The summed E-state index contributed by atoms with van der Waals surface area (Å²) in [5.41, 5.74) is 0. The Balaban J connectivity index is 3.92. The second-order valence-corrected chi connectivity index (χ2v) is 6.37. The van der Waals surface area contributed by atoms with Crippen molar-refractivity contribution in [2.24, 2.45) is 0 Å². The second kappa shape index (κ2) is 5.82. The van der Waals surface area contributed by atoms with Gasteiger partial charge in [-0.2, -0.15) is 0 Å². The van der Waals surface area contributed by atoms with Crippen molar-refractivity contribution in [3.63, 3.8) is 0 Å². The lowest BCUT2D eigenvalue weighted by Gasteiger charge is -2.09. The highest BCUT2D eigenvalue weighted by Crippen LogP contribution is 2.29. The molecule has 0 aromatic rings. The summed E-state index contributed by atoms with van der Waals surface area (Å²) in [6.07, 6.45) is 0. The van der Waals surface area contributed by atoms with E-state index in [0.717, 1.165) is 0 Å². The molecule has 0 fully saturated rings. The van der Waals surface area contributed by atoms with E-state index in [9.17, 15) is 9.59 Å². The first kappa shape index (κ1) is 15.6. The fourth-order valence-corrected chi connectivity index (χ4v) is 0.362. The number of carbonyl (C=O) groups excluding carboxylic acids is 2. The van der Waals surface area contributed by atoms with Crippen molar-refractivity contribution in [2.45, 2.75) is 7.59 Å². The van der Waals surface area contributed by atoms with Crippen LogP contribution in [0.2, 0.25) is 0 Å². The number of halogens is 6. The minimum absolute atomic E-state index is 1.44. The molecule has 88 valence electrons. The highest BCUT2D eigenvalue weighted by atomic mass is 35.6. The monoisotopic (exact) mass is 338 g/mol. The molecule has 0 aromatic heterocycles. The van der Waals surface area contributed by atoms with Crippen molar-refractivity contribution in [1.82, 2.24) is 0 Å². The zero-order chi connectivity index (χ0) is 12.3. The van der Waals surface area contributed by atoms with Crippen LogP contribution in [0, 0.1) is 0 Å². The van der Waals surface area contributed by atoms with Gasteiger partial charge in [0.25, 0.3) is 7.59 Å². The van der Waals surface area contributed by atoms with Gasteiger partial charge in [0.1, 0.15) is 0 Å². The van der Waals surface area contributed by atoms with E-state index in [1.165, 1.54) is 0 Å². The molecule has 0 radical (unpaired) electrons. The minimum Gasteiger partial charge on any atom is -0.255 e. The Bertz CT molecular complexity index is 227. The molecule has 0 saturated heterocycles. The zero-order valence-electron chi connectivity index (χ0n) is 6.31. The van der Waals surface area contributed by atoms with E-state index in [4.69, 9.17) is 69.6 Å². The van der Waals surface area contributed by atoms with Gasteiger partial charge in [0.15, 0.2) is 0 Å². The molecule has 0 atom stereocenters. The van der Waals surface area contributed by atoms with Crippen LogP contribution in [0.5, 0.6) is 0 Å². The standard InChI is InChI=1S/C4Cl6O5/c5-3(6,7)1(11)13-15-14-2(12)4(8,9)10. The maximum absolute atomic E-state index is 10.7. The summed E-state index contributed by atoms with van der Waals surface area (Å²) < 4.78 is -4.77. The maximum Gasteiger partial charge on any atom is 0.397 e. The van der Waals surface area contributed by atoms with E-state index >= 15 is 0 Å². The van der Waals surface area contributed by atoms with Crippen molar-refractivity contribution >= 4 is 81.5 Å². The Morgan fingerprint density at radius 2 is 1.00 bits per heavy atom. The van der Waals surface area contributed by atoms with Gasteiger partial charge in [-0.1, -0.05) is 69.6 Å². The summed E-state index contributed by atoms with van der Waals surface area (Å²) in [6, 6.07) is 0. The van der Waals surface area contributed by atoms with E-state index < -0.39 is 19.5 Å². The third kappa shape index (κ3) is 6.73. The molecule has 0 rings (SSSR count). The predicted molar refractivity (Wildman–Crippen MR) is 53.8 cm³/mol. The van der Waals surface area contributed by atoms with Crippen molar-refractivity contribution in [2.75, 3.05) is 0 Å². The molecule has 0 bridgehead atoms. The molecule has 0 N–H and O–H groups in total. The summed E-state index contributed by atoms with van der Waals surface area (Å²) in [5, 5.41) is 3.60. The van der Waals surface area contributed by atoms with Gasteiger partial charge in [-0.15, -0.1) is 0 Å². The van der Waals surface area contributed by atoms with E-state index in [2.05, 4.69) is 14.8 Å². The molecule has 0 saturated carbocycles. The Kier molecular flexibility index (Phi) is 6.06. The maximum atomic E-state index is 10.7. The van der Waals surface area contributed by atoms with Crippen LogP contribution in [0.15, 0.2) is 0 Å². The SMILES string of the molecule is O=C(OOOC(=O)C(Cl)(Cl)Cl)C(Cl)(Cl)Cl. The third-order valence-corrected chi connectivity index (χ3v) is 1.61. The first-order valence-electron chi connectivity index (χ1n) is 2.78. The largest absolute Gasteiger partial charge is 0.397 e. The van der Waals surface area contributed by atoms with Gasteiger partial charge in [0.05, 0.1) is 0 Å². The average molecular weight is 341 g/mol. The molecule has 0 heterocycles. The molecule has 5 nitrogen and oxygen atoms in total. The normalized spacial score (nSPS) is 12.1. The smallest absolute Gasteiger partial charge is 0.255 e. The predicted octanol–water partition coefficient (Wildman–Crippen LogP) is 2.66. The summed E-state index contributed by atoms with van der Waals surface area (Å²) in [6.45, 7) is 0. The molecule has 0 aromatic carbocycles. The quantitative estimate of drug-likeness (QED) is 0.439. The lowest BCUT2D eigenvalue weighted by atomic mass is 10.8. The first-order chi connectivity index (χ1) is 6.55. The lowest BCUT2D eigenvalue weighted by molar-refractivity contribution is -0.458. The molecule has 0 spiro atoms. The Hall–Kier alpha value is 0.640. The van der Waals surface area contributed by atoms with Crippen LogP contribution in [0.25, 0.3) is 0 Å². The molecule has 15 heavy (non-hydrogen) atoms. The molecule has 0 amide bonds.